The number of urea groups is 1. The van der Waals surface area contributed by atoms with Crippen molar-refractivity contribution >= 4 is 17.9 Å². The van der Waals surface area contributed by atoms with Crippen molar-refractivity contribution in [2.45, 2.75) is 65.1 Å². The minimum atomic E-state index is -0.782. The van der Waals surface area contributed by atoms with Crippen molar-refractivity contribution in [3.63, 3.8) is 0 Å². The summed E-state index contributed by atoms with van der Waals surface area (Å²) < 4.78 is 5.26. The molecule has 2 unspecified atom stereocenters. The summed E-state index contributed by atoms with van der Waals surface area (Å²) in [6, 6.07) is 7.64. The highest BCUT2D eigenvalue weighted by molar-refractivity contribution is 6.06. The van der Waals surface area contributed by atoms with Gasteiger partial charge in [-0.25, -0.2) is 9.79 Å². The maximum Gasteiger partial charge on any atom is 0.315 e. The molecule has 0 aromatic heterocycles. The normalized spacial score (nSPS) is 22.8. The van der Waals surface area contributed by atoms with Gasteiger partial charge < -0.3 is 21.1 Å². The summed E-state index contributed by atoms with van der Waals surface area (Å²) in [7, 11) is 1.70. The van der Waals surface area contributed by atoms with Gasteiger partial charge in [-0.1, -0.05) is 38.1 Å². The average Bonchev–Trinajstić information content (AvgIpc) is 2.99. The predicted molar refractivity (Wildman–Crippen MR) is 129 cm³/mol. The number of hydrogen-bond donors (Lipinski definition) is 3. The van der Waals surface area contributed by atoms with Gasteiger partial charge in [-0.2, -0.15) is 0 Å². The van der Waals surface area contributed by atoms with Crippen LogP contribution in [0.3, 0.4) is 0 Å². The lowest BCUT2D eigenvalue weighted by molar-refractivity contribution is -0.131. The third-order valence-electron chi connectivity index (χ3n) is 6.26. The first-order valence-electron chi connectivity index (χ1n) is 11.7. The first kappa shape index (κ1) is 24.6. The zero-order valence-corrected chi connectivity index (χ0v) is 20.2. The van der Waals surface area contributed by atoms with Crippen molar-refractivity contribution in [2.24, 2.45) is 22.6 Å². The van der Waals surface area contributed by atoms with E-state index in [2.05, 4.69) is 35.5 Å². The number of amides is 3. The van der Waals surface area contributed by atoms with Crippen molar-refractivity contribution in [3.8, 4) is 0 Å². The monoisotopic (exact) mass is 455 g/mol. The maximum atomic E-state index is 12.9. The highest BCUT2D eigenvalue weighted by atomic mass is 16.5. The SMILES string of the molecule is COC1=CCC(CNC(=O)NCc2ccc(CN3C(=O)C(C)(CC(C)C)N=C3N)cc2)CC1. The number of rotatable bonds is 9. The number of guanidine groups is 1. The second-order valence-corrected chi connectivity index (χ2v) is 9.63. The van der Waals surface area contributed by atoms with Crippen LogP contribution in [0.2, 0.25) is 0 Å². The van der Waals surface area contributed by atoms with Crippen LogP contribution in [0.1, 0.15) is 57.6 Å². The third kappa shape index (κ3) is 6.49. The number of nitrogens with one attached hydrogen (secondary N) is 2. The Labute approximate surface area is 196 Å². The fraction of sp³-hybridized carbons (Fsp3) is 0.560. The Bertz CT molecular complexity index is 909. The largest absolute Gasteiger partial charge is 0.501 e. The number of methoxy groups -OCH3 is 1. The van der Waals surface area contributed by atoms with Crippen LogP contribution in [0.25, 0.3) is 0 Å². The topological polar surface area (TPSA) is 109 Å². The number of nitrogens with zero attached hydrogens (tertiary/aromatic N) is 2. The van der Waals surface area contributed by atoms with E-state index in [0.29, 0.717) is 37.9 Å². The quantitative estimate of drug-likeness (QED) is 0.531. The van der Waals surface area contributed by atoms with Gasteiger partial charge >= 0.3 is 6.03 Å². The number of carbonyl (C=O) groups is 2. The molecular weight excluding hydrogens is 418 g/mol. The van der Waals surface area contributed by atoms with Crippen LogP contribution in [-0.4, -0.2) is 42.0 Å². The van der Waals surface area contributed by atoms with Crippen molar-refractivity contribution < 1.29 is 14.3 Å². The van der Waals surface area contributed by atoms with Gasteiger partial charge in [0.2, 0.25) is 0 Å². The number of nitrogens with two attached hydrogens (primary N) is 1. The Morgan fingerprint density at radius 3 is 2.58 bits per heavy atom. The molecule has 1 aliphatic heterocycles. The number of carbonyl (C=O) groups excluding carboxylic acids is 2. The summed E-state index contributed by atoms with van der Waals surface area (Å²) in [6.07, 6.45) is 5.65. The summed E-state index contributed by atoms with van der Waals surface area (Å²) in [5.41, 5.74) is 7.23. The Hall–Kier alpha value is -3.03. The fourth-order valence-electron chi connectivity index (χ4n) is 4.50. The van der Waals surface area contributed by atoms with Crippen LogP contribution in [-0.2, 0) is 22.6 Å². The van der Waals surface area contributed by atoms with Gasteiger partial charge in [-0.3, -0.25) is 9.69 Å². The molecule has 8 nitrogen and oxygen atoms in total. The van der Waals surface area contributed by atoms with Crippen LogP contribution in [0, 0.1) is 11.8 Å². The van der Waals surface area contributed by atoms with E-state index in [9.17, 15) is 9.59 Å². The van der Waals surface area contributed by atoms with Crippen molar-refractivity contribution in [2.75, 3.05) is 13.7 Å². The van der Waals surface area contributed by atoms with Crippen LogP contribution in [0.5, 0.6) is 0 Å². The highest BCUT2D eigenvalue weighted by Gasteiger charge is 2.43. The van der Waals surface area contributed by atoms with Gasteiger partial charge in [-0.15, -0.1) is 0 Å². The molecule has 1 aromatic carbocycles. The zero-order chi connectivity index (χ0) is 24.0. The van der Waals surface area contributed by atoms with Crippen LogP contribution >= 0.6 is 0 Å². The molecule has 2 atom stereocenters. The fourth-order valence-corrected chi connectivity index (χ4v) is 4.50. The molecule has 180 valence electrons. The molecule has 0 fully saturated rings. The van der Waals surface area contributed by atoms with E-state index >= 15 is 0 Å². The van der Waals surface area contributed by atoms with E-state index in [0.717, 1.165) is 36.1 Å². The molecule has 33 heavy (non-hydrogen) atoms. The molecule has 2 aliphatic rings. The van der Waals surface area contributed by atoms with E-state index in [4.69, 9.17) is 10.5 Å². The minimum Gasteiger partial charge on any atom is -0.501 e. The van der Waals surface area contributed by atoms with E-state index in [1.54, 1.807) is 12.0 Å². The minimum absolute atomic E-state index is 0.0528. The Morgan fingerprint density at radius 2 is 1.97 bits per heavy atom. The summed E-state index contributed by atoms with van der Waals surface area (Å²) >= 11 is 0. The van der Waals surface area contributed by atoms with Crippen LogP contribution in [0.4, 0.5) is 4.79 Å². The molecule has 8 heteroatoms. The van der Waals surface area contributed by atoms with E-state index < -0.39 is 5.54 Å². The molecule has 4 N–H and O–H groups in total. The number of aliphatic imine (C=N–C) groups is 1. The van der Waals surface area contributed by atoms with Crippen LogP contribution < -0.4 is 16.4 Å². The molecule has 1 aromatic rings. The van der Waals surface area contributed by atoms with E-state index in [-0.39, 0.29) is 17.9 Å². The van der Waals surface area contributed by atoms with Crippen molar-refractivity contribution in [1.82, 2.24) is 15.5 Å². The van der Waals surface area contributed by atoms with Crippen LogP contribution in [0.15, 0.2) is 41.1 Å². The maximum absolute atomic E-state index is 12.9. The summed E-state index contributed by atoms with van der Waals surface area (Å²) in [5, 5.41) is 5.85. The molecule has 3 rings (SSSR count). The molecule has 1 heterocycles. The van der Waals surface area contributed by atoms with Gasteiger partial charge in [0.25, 0.3) is 5.91 Å². The lowest BCUT2D eigenvalue weighted by atomic mass is 9.91. The summed E-state index contributed by atoms with van der Waals surface area (Å²) in [6.45, 7) is 7.47. The van der Waals surface area contributed by atoms with E-state index in [1.165, 1.54) is 0 Å². The number of ether oxygens (including phenoxy) is 1. The van der Waals surface area contributed by atoms with E-state index in [1.807, 2.05) is 31.2 Å². The molecule has 0 saturated heterocycles. The van der Waals surface area contributed by atoms with Gasteiger partial charge in [0.05, 0.1) is 19.4 Å². The van der Waals surface area contributed by atoms with Crippen molar-refractivity contribution in [1.29, 1.82) is 0 Å². The lowest BCUT2D eigenvalue weighted by Crippen LogP contribution is -2.43. The Kier molecular flexibility index (Phi) is 8.00. The zero-order valence-electron chi connectivity index (χ0n) is 20.2. The number of allylic oxidation sites excluding steroid dienone is 2. The van der Waals surface area contributed by atoms with Gasteiger partial charge in [-0.05, 0) is 55.2 Å². The highest BCUT2D eigenvalue weighted by Crippen LogP contribution is 2.29. The summed E-state index contributed by atoms with van der Waals surface area (Å²) in [4.78, 5) is 31.1. The third-order valence-corrected chi connectivity index (χ3v) is 6.26. The number of benzene rings is 1. The lowest BCUT2D eigenvalue weighted by Gasteiger charge is -2.23. The van der Waals surface area contributed by atoms with Crippen molar-refractivity contribution in [3.05, 3.63) is 47.2 Å². The molecule has 0 bridgehead atoms. The van der Waals surface area contributed by atoms with Gasteiger partial charge in [0.15, 0.2) is 5.96 Å². The average molecular weight is 456 g/mol. The molecule has 3 amide bonds. The first-order valence-corrected chi connectivity index (χ1v) is 11.7. The smallest absolute Gasteiger partial charge is 0.315 e. The second-order valence-electron chi connectivity index (χ2n) is 9.63. The molecule has 0 spiro atoms. The molecule has 0 saturated carbocycles. The molecular formula is C25H37N5O3. The number of hydrogen-bond acceptors (Lipinski definition) is 5. The Balaban J connectivity index is 1.44. The standard InChI is InChI=1S/C25H37N5O3/c1-17(2)13-25(3)22(31)30(23(26)29-25)16-20-7-5-18(6-8-20)14-27-24(32)28-15-19-9-11-21(33-4)12-10-19/h5-8,11,17,19H,9-10,12-16H2,1-4H3,(H2,26,29)(H2,27,28,32). The summed E-state index contributed by atoms with van der Waals surface area (Å²) in [5.74, 6) is 2.05. The Morgan fingerprint density at radius 1 is 1.27 bits per heavy atom. The van der Waals surface area contributed by atoms with Gasteiger partial charge in [0.1, 0.15) is 5.54 Å². The molecule has 0 radical (unpaired) electrons. The molecule has 1 aliphatic carbocycles. The predicted octanol–water partition coefficient (Wildman–Crippen LogP) is 3.28. The first-order chi connectivity index (χ1) is 15.7. The van der Waals surface area contributed by atoms with Gasteiger partial charge in [0, 0.05) is 19.5 Å². The second kappa shape index (κ2) is 10.7.